The molecule has 2 rings (SSSR count). The second-order valence-corrected chi connectivity index (χ2v) is 5.89. The fraction of sp³-hybridized carbons (Fsp3) is 0.0667. The number of thiocarbonyl (C=S) groups is 2. The van der Waals surface area contributed by atoms with E-state index in [1.807, 2.05) is 12.1 Å². The van der Waals surface area contributed by atoms with Crippen LogP contribution in [0.25, 0.3) is 0 Å². The van der Waals surface area contributed by atoms with Crippen molar-refractivity contribution in [2.24, 2.45) is 0 Å². The number of hydrogen-bond donors (Lipinski definition) is 4. The molecule has 0 aliphatic heterocycles. The molecule has 2 aromatic carbocycles. The molecular weight excluding hydrogens is 374 g/mol. The molecule has 2 aromatic rings. The van der Waals surface area contributed by atoms with Crippen LogP contribution >= 0.6 is 36.0 Å². The lowest BCUT2D eigenvalue weighted by molar-refractivity contribution is 0.586. The van der Waals surface area contributed by atoms with Gasteiger partial charge in [0.05, 0.1) is 5.69 Å². The molecule has 0 heterocycles. The van der Waals surface area contributed by atoms with Gasteiger partial charge in [-0.15, -0.1) is 0 Å². The highest BCUT2D eigenvalue weighted by molar-refractivity contribution is 7.80. The van der Waals surface area contributed by atoms with E-state index in [1.54, 1.807) is 12.1 Å². The molecule has 0 aliphatic carbocycles. The lowest BCUT2D eigenvalue weighted by Gasteiger charge is -2.14. The second-order valence-electron chi connectivity index (χ2n) is 4.64. The van der Waals surface area contributed by atoms with Crippen molar-refractivity contribution in [3.63, 3.8) is 0 Å². The Kier molecular flexibility index (Phi) is 6.65. The normalized spacial score (nSPS) is 9.96. The average Bonchev–Trinajstić information content (AvgIpc) is 2.55. The number of nitrogens with one attached hydrogen (secondary N) is 4. The Morgan fingerprint density at radius 1 is 0.958 bits per heavy atom. The summed E-state index contributed by atoms with van der Waals surface area (Å²) in [6.45, 7) is 0.497. The molecule has 0 unspecified atom stereocenters. The zero-order valence-corrected chi connectivity index (χ0v) is 14.6. The van der Waals surface area contributed by atoms with Crippen LogP contribution in [0.1, 0.15) is 5.56 Å². The lowest BCUT2D eigenvalue weighted by atomic mass is 10.2. The third kappa shape index (κ3) is 5.88. The van der Waals surface area contributed by atoms with Crippen molar-refractivity contribution in [1.82, 2.24) is 16.2 Å². The van der Waals surface area contributed by atoms with Crippen molar-refractivity contribution >= 4 is 51.9 Å². The van der Waals surface area contributed by atoms with E-state index in [4.69, 9.17) is 36.0 Å². The first-order valence-electron chi connectivity index (χ1n) is 6.74. The summed E-state index contributed by atoms with van der Waals surface area (Å²) in [4.78, 5) is 0. The summed E-state index contributed by atoms with van der Waals surface area (Å²) >= 11 is 15.9. The summed E-state index contributed by atoms with van der Waals surface area (Å²) in [5.41, 5.74) is 6.31. The largest absolute Gasteiger partial charge is 0.357 e. The zero-order chi connectivity index (χ0) is 17.5. The maximum absolute atomic E-state index is 13.5. The maximum Gasteiger partial charge on any atom is 0.189 e. The van der Waals surface area contributed by atoms with Gasteiger partial charge in [-0.2, -0.15) is 0 Å². The van der Waals surface area contributed by atoms with E-state index in [0.717, 1.165) is 17.7 Å². The first-order valence-corrected chi connectivity index (χ1v) is 7.94. The Morgan fingerprint density at radius 2 is 1.62 bits per heavy atom. The van der Waals surface area contributed by atoms with Gasteiger partial charge in [-0.1, -0.05) is 23.7 Å². The average molecular weight is 387 g/mol. The number of hydrazine groups is 1. The summed E-state index contributed by atoms with van der Waals surface area (Å²) in [7, 11) is 0. The number of anilines is 1. The van der Waals surface area contributed by atoms with Crippen LogP contribution in [0.3, 0.4) is 0 Å². The van der Waals surface area contributed by atoms with Gasteiger partial charge < -0.3 is 10.6 Å². The SMILES string of the molecule is Fc1ccc(NC(=S)NNC(=S)NCc2ccc(Cl)cc2)c(F)c1. The van der Waals surface area contributed by atoms with Crippen LogP contribution in [0, 0.1) is 11.6 Å². The first kappa shape index (κ1) is 18.3. The van der Waals surface area contributed by atoms with Gasteiger partial charge in [-0.05, 0) is 54.3 Å². The van der Waals surface area contributed by atoms with Crippen LogP contribution < -0.4 is 21.5 Å². The van der Waals surface area contributed by atoms with E-state index in [0.29, 0.717) is 16.7 Å². The molecular formula is C15H13ClF2N4S2. The predicted molar refractivity (Wildman–Crippen MR) is 99.7 cm³/mol. The van der Waals surface area contributed by atoms with Crippen molar-refractivity contribution in [3.05, 3.63) is 64.7 Å². The van der Waals surface area contributed by atoms with E-state index in [9.17, 15) is 8.78 Å². The van der Waals surface area contributed by atoms with Crippen LogP contribution in [-0.2, 0) is 6.54 Å². The standard InChI is InChI=1S/C15H13ClF2N4S2/c16-10-3-1-9(2-4-10)8-19-14(23)21-22-15(24)20-13-6-5-11(17)7-12(13)18/h1-7H,8H2,(H2,19,21,23)(H2,20,22,24). The monoisotopic (exact) mass is 386 g/mol. The molecule has 126 valence electrons. The van der Waals surface area contributed by atoms with Gasteiger partial charge in [0.1, 0.15) is 11.6 Å². The molecule has 24 heavy (non-hydrogen) atoms. The highest BCUT2D eigenvalue weighted by Crippen LogP contribution is 2.14. The van der Waals surface area contributed by atoms with Crippen LogP contribution in [0.2, 0.25) is 5.02 Å². The van der Waals surface area contributed by atoms with Gasteiger partial charge in [0.25, 0.3) is 0 Å². The van der Waals surface area contributed by atoms with Gasteiger partial charge in [0.15, 0.2) is 10.2 Å². The van der Waals surface area contributed by atoms with Gasteiger partial charge in [0, 0.05) is 17.6 Å². The number of hydrogen-bond acceptors (Lipinski definition) is 2. The fourth-order valence-electron chi connectivity index (χ4n) is 1.69. The zero-order valence-electron chi connectivity index (χ0n) is 12.2. The minimum atomic E-state index is -0.748. The third-order valence-corrected chi connectivity index (χ3v) is 3.54. The van der Waals surface area contributed by atoms with Gasteiger partial charge in [-0.3, -0.25) is 10.9 Å². The summed E-state index contributed by atoms with van der Waals surface area (Å²) in [5.74, 6) is -1.41. The minimum Gasteiger partial charge on any atom is -0.357 e. The summed E-state index contributed by atoms with van der Waals surface area (Å²) in [6, 6.07) is 10.4. The molecule has 0 spiro atoms. The van der Waals surface area contributed by atoms with Crippen molar-refractivity contribution in [2.45, 2.75) is 6.54 Å². The Morgan fingerprint density at radius 3 is 2.29 bits per heavy atom. The summed E-state index contributed by atoms with van der Waals surface area (Å²) in [5, 5.41) is 6.58. The lowest BCUT2D eigenvalue weighted by Crippen LogP contribution is -2.48. The first-order chi connectivity index (χ1) is 11.4. The van der Waals surface area contributed by atoms with Crippen LogP contribution in [0.5, 0.6) is 0 Å². The van der Waals surface area contributed by atoms with E-state index >= 15 is 0 Å². The predicted octanol–water partition coefficient (Wildman–Crippen LogP) is 3.48. The number of rotatable bonds is 3. The molecule has 0 saturated carbocycles. The molecule has 0 amide bonds. The minimum absolute atomic E-state index is 0.0516. The topological polar surface area (TPSA) is 48.1 Å². The van der Waals surface area contributed by atoms with Crippen LogP contribution in [0.4, 0.5) is 14.5 Å². The summed E-state index contributed by atoms with van der Waals surface area (Å²) in [6.07, 6.45) is 0. The molecule has 0 saturated heterocycles. The van der Waals surface area contributed by atoms with E-state index in [2.05, 4.69) is 21.5 Å². The maximum atomic E-state index is 13.5. The molecule has 4 N–H and O–H groups in total. The molecule has 0 bridgehead atoms. The quantitative estimate of drug-likeness (QED) is 0.478. The fourth-order valence-corrected chi connectivity index (χ4v) is 2.10. The molecule has 0 atom stereocenters. The third-order valence-electron chi connectivity index (χ3n) is 2.84. The number of halogens is 3. The van der Waals surface area contributed by atoms with E-state index in [-0.39, 0.29) is 10.8 Å². The van der Waals surface area contributed by atoms with E-state index in [1.165, 1.54) is 6.07 Å². The van der Waals surface area contributed by atoms with Gasteiger partial charge in [-0.25, -0.2) is 8.78 Å². The van der Waals surface area contributed by atoms with Crippen molar-refractivity contribution in [1.29, 1.82) is 0 Å². The summed E-state index contributed by atoms with van der Waals surface area (Å²) < 4.78 is 26.3. The highest BCUT2D eigenvalue weighted by Gasteiger charge is 2.05. The number of benzene rings is 2. The molecule has 0 aliphatic rings. The smallest absolute Gasteiger partial charge is 0.189 e. The Bertz CT molecular complexity index is 741. The Hall–Kier alpha value is -2.03. The molecule has 4 nitrogen and oxygen atoms in total. The second kappa shape index (κ2) is 8.72. The highest BCUT2D eigenvalue weighted by atomic mass is 35.5. The van der Waals surface area contributed by atoms with Crippen LogP contribution in [0.15, 0.2) is 42.5 Å². The molecule has 0 radical (unpaired) electrons. The van der Waals surface area contributed by atoms with E-state index < -0.39 is 11.6 Å². The van der Waals surface area contributed by atoms with Crippen molar-refractivity contribution < 1.29 is 8.78 Å². The van der Waals surface area contributed by atoms with Gasteiger partial charge in [0.2, 0.25) is 0 Å². The molecule has 0 fully saturated rings. The Balaban J connectivity index is 1.74. The molecule has 0 aromatic heterocycles. The molecule has 9 heteroatoms. The van der Waals surface area contributed by atoms with Crippen molar-refractivity contribution in [2.75, 3.05) is 5.32 Å². The van der Waals surface area contributed by atoms with Crippen LogP contribution in [-0.4, -0.2) is 10.2 Å². The van der Waals surface area contributed by atoms with Crippen molar-refractivity contribution in [3.8, 4) is 0 Å². The Labute approximate surface area is 153 Å². The van der Waals surface area contributed by atoms with Gasteiger partial charge >= 0.3 is 0 Å².